The normalized spacial score (nSPS) is 10.7. The average Bonchev–Trinajstić information content (AvgIpc) is 2.60. The Hall–Kier alpha value is -2.55. The summed E-state index contributed by atoms with van der Waals surface area (Å²) < 4.78 is 5.47. The summed E-state index contributed by atoms with van der Waals surface area (Å²) in [7, 11) is 3.78. The Labute approximate surface area is 137 Å². The predicted octanol–water partition coefficient (Wildman–Crippen LogP) is 4.23. The topological polar surface area (TPSA) is 25.4 Å². The molecule has 2 aromatic carbocycles. The first-order valence-corrected chi connectivity index (χ1v) is 7.88. The molecule has 3 rings (SSSR count). The highest BCUT2D eigenvalue weighted by Gasteiger charge is 2.10. The van der Waals surface area contributed by atoms with Crippen LogP contribution in [0.15, 0.2) is 54.6 Å². The predicted molar refractivity (Wildman–Crippen MR) is 96.4 cm³/mol. The van der Waals surface area contributed by atoms with Gasteiger partial charge in [-0.2, -0.15) is 0 Å². The van der Waals surface area contributed by atoms with Gasteiger partial charge >= 0.3 is 0 Å². The van der Waals surface area contributed by atoms with Crippen molar-refractivity contribution in [1.82, 2.24) is 4.98 Å². The number of benzene rings is 2. The summed E-state index contributed by atoms with van der Waals surface area (Å²) >= 11 is 0. The van der Waals surface area contributed by atoms with E-state index in [0.717, 1.165) is 35.4 Å². The standard InChI is InChI=1S/C20H22N2O/c1-15-14-19(21-20-17(15)10-7-11-18(20)23-3)22(2)13-12-16-8-5-4-6-9-16/h4-11,14H,12-13H2,1-3H3. The van der Waals surface area contributed by atoms with Crippen LogP contribution in [0.25, 0.3) is 10.9 Å². The van der Waals surface area contributed by atoms with Crippen molar-refractivity contribution in [1.29, 1.82) is 0 Å². The van der Waals surface area contributed by atoms with Gasteiger partial charge in [0, 0.05) is 19.0 Å². The van der Waals surface area contributed by atoms with Crippen LogP contribution >= 0.6 is 0 Å². The maximum atomic E-state index is 5.47. The Bertz CT molecular complexity index is 799. The van der Waals surface area contributed by atoms with Crippen molar-refractivity contribution in [2.45, 2.75) is 13.3 Å². The number of likely N-dealkylation sites (N-methyl/N-ethyl adjacent to an activating group) is 1. The SMILES string of the molecule is COc1cccc2c(C)cc(N(C)CCc3ccccc3)nc12. The number of hydrogen-bond donors (Lipinski definition) is 0. The molecule has 3 heteroatoms. The zero-order chi connectivity index (χ0) is 16.2. The molecule has 0 spiro atoms. The molecule has 0 atom stereocenters. The van der Waals surface area contributed by atoms with Crippen LogP contribution in [-0.2, 0) is 6.42 Å². The molecule has 0 amide bonds. The fourth-order valence-electron chi connectivity index (χ4n) is 2.79. The molecule has 0 radical (unpaired) electrons. The van der Waals surface area contributed by atoms with Gasteiger partial charge in [0.2, 0.25) is 0 Å². The van der Waals surface area contributed by atoms with E-state index in [1.54, 1.807) is 7.11 Å². The van der Waals surface area contributed by atoms with Gasteiger partial charge < -0.3 is 9.64 Å². The van der Waals surface area contributed by atoms with E-state index in [9.17, 15) is 0 Å². The lowest BCUT2D eigenvalue weighted by molar-refractivity contribution is 0.419. The fourth-order valence-corrected chi connectivity index (χ4v) is 2.79. The number of rotatable bonds is 5. The lowest BCUT2D eigenvalue weighted by atomic mass is 10.1. The molecule has 1 aromatic heterocycles. The van der Waals surface area contributed by atoms with E-state index in [-0.39, 0.29) is 0 Å². The molecular formula is C20H22N2O. The van der Waals surface area contributed by atoms with Crippen molar-refractivity contribution in [2.75, 3.05) is 25.6 Å². The van der Waals surface area contributed by atoms with Gasteiger partial charge in [-0.3, -0.25) is 0 Å². The highest BCUT2D eigenvalue weighted by Crippen LogP contribution is 2.28. The van der Waals surface area contributed by atoms with Crippen LogP contribution in [0.2, 0.25) is 0 Å². The first kappa shape index (κ1) is 15.3. The van der Waals surface area contributed by atoms with Gasteiger partial charge in [0.15, 0.2) is 0 Å². The molecule has 0 bridgehead atoms. The largest absolute Gasteiger partial charge is 0.494 e. The Morgan fingerprint density at radius 3 is 2.57 bits per heavy atom. The quantitative estimate of drug-likeness (QED) is 0.705. The van der Waals surface area contributed by atoms with E-state index in [1.165, 1.54) is 11.1 Å². The van der Waals surface area contributed by atoms with Gasteiger partial charge in [0.25, 0.3) is 0 Å². The van der Waals surface area contributed by atoms with E-state index < -0.39 is 0 Å². The molecule has 23 heavy (non-hydrogen) atoms. The molecule has 0 aliphatic heterocycles. The first-order valence-electron chi connectivity index (χ1n) is 7.88. The van der Waals surface area contributed by atoms with Crippen LogP contribution in [0, 0.1) is 6.92 Å². The molecule has 0 aliphatic rings. The van der Waals surface area contributed by atoms with Crippen LogP contribution in [0.4, 0.5) is 5.82 Å². The number of hydrogen-bond acceptors (Lipinski definition) is 3. The van der Waals surface area contributed by atoms with Crippen LogP contribution in [0.1, 0.15) is 11.1 Å². The van der Waals surface area contributed by atoms with Crippen molar-refractivity contribution in [2.24, 2.45) is 0 Å². The molecule has 3 nitrogen and oxygen atoms in total. The number of pyridine rings is 1. The smallest absolute Gasteiger partial charge is 0.145 e. The number of aryl methyl sites for hydroxylation is 1. The number of fused-ring (bicyclic) bond motifs is 1. The second kappa shape index (κ2) is 6.69. The van der Waals surface area contributed by atoms with Gasteiger partial charge in [0.1, 0.15) is 17.1 Å². The first-order chi connectivity index (χ1) is 11.2. The number of methoxy groups -OCH3 is 1. The number of ether oxygens (including phenoxy) is 1. The van der Waals surface area contributed by atoms with Crippen LogP contribution in [0.5, 0.6) is 5.75 Å². The summed E-state index contributed by atoms with van der Waals surface area (Å²) in [5.74, 6) is 1.80. The molecule has 0 fully saturated rings. The Balaban J connectivity index is 1.87. The molecule has 0 N–H and O–H groups in total. The van der Waals surface area contributed by atoms with Crippen molar-refractivity contribution >= 4 is 16.7 Å². The summed E-state index contributed by atoms with van der Waals surface area (Å²) in [5, 5.41) is 1.14. The van der Waals surface area contributed by atoms with Crippen LogP contribution in [-0.4, -0.2) is 25.7 Å². The second-order valence-electron chi connectivity index (χ2n) is 5.81. The summed E-state index contributed by atoms with van der Waals surface area (Å²) in [6, 6.07) is 18.7. The third-order valence-electron chi connectivity index (χ3n) is 4.19. The Morgan fingerprint density at radius 2 is 1.83 bits per heavy atom. The highest BCUT2D eigenvalue weighted by atomic mass is 16.5. The third-order valence-corrected chi connectivity index (χ3v) is 4.19. The lowest BCUT2D eigenvalue weighted by Gasteiger charge is -2.20. The zero-order valence-corrected chi connectivity index (χ0v) is 13.9. The zero-order valence-electron chi connectivity index (χ0n) is 13.9. The van der Waals surface area contributed by atoms with Gasteiger partial charge in [-0.15, -0.1) is 0 Å². The molecule has 3 aromatic rings. The number of nitrogens with zero attached hydrogens (tertiary/aromatic N) is 2. The fraction of sp³-hybridized carbons (Fsp3) is 0.250. The maximum Gasteiger partial charge on any atom is 0.145 e. The maximum absolute atomic E-state index is 5.47. The molecule has 1 heterocycles. The molecule has 0 saturated heterocycles. The third kappa shape index (κ3) is 3.29. The molecule has 0 aliphatic carbocycles. The van der Waals surface area contributed by atoms with Crippen molar-refractivity contribution in [3.05, 3.63) is 65.7 Å². The van der Waals surface area contributed by atoms with Gasteiger partial charge in [-0.05, 0) is 36.6 Å². The van der Waals surface area contributed by atoms with E-state index in [2.05, 4.69) is 55.3 Å². The van der Waals surface area contributed by atoms with E-state index in [0.29, 0.717) is 0 Å². The number of para-hydroxylation sites is 1. The van der Waals surface area contributed by atoms with Crippen molar-refractivity contribution in [3.63, 3.8) is 0 Å². The minimum absolute atomic E-state index is 0.823. The molecule has 0 unspecified atom stereocenters. The molecule has 0 saturated carbocycles. The average molecular weight is 306 g/mol. The lowest BCUT2D eigenvalue weighted by Crippen LogP contribution is -2.21. The minimum Gasteiger partial charge on any atom is -0.494 e. The molecular weight excluding hydrogens is 284 g/mol. The Morgan fingerprint density at radius 1 is 1.04 bits per heavy atom. The summed E-state index contributed by atoms with van der Waals surface area (Å²) in [5.41, 5.74) is 3.49. The second-order valence-corrected chi connectivity index (χ2v) is 5.81. The van der Waals surface area contributed by atoms with Crippen molar-refractivity contribution < 1.29 is 4.74 Å². The van der Waals surface area contributed by atoms with Crippen molar-refractivity contribution in [3.8, 4) is 5.75 Å². The van der Waals surface area contributed by atoms with E-state index in [4.69, 9.17) is 9.72 Å². The van der Waals surface area contributed by atoms with Crippen LogP contribution < -0.4 is 9.64 Å². The summed E-state index contributed by atoms with van der Waals surface area (Å²) in [4.78, 5) is 7.02. The highest BCUT2D eigenvalue weighted by molar-refractivity contribution is 5.88. The van der Waals surface area contributed by atoms with Gasteiger partial charge in [-0.1, -0.05) is 42.5 Å². The van der Waals surface area contributed by atoms with Gasteiger partial charge in [-0.25, -0.2) is 4.98 Å². The Kier molecular flexibility index (Phi) is 4.47. The summed E-state index contributed by atoms with van der Waals surface area (Å²) in [6.07, 6.45) is 1.00. The minimum atomic E-state index is 0.823. The van der Waals surface area contributed by atoms with Crippen LogP contribution in [0.3, 0.4) is 0 Å². The summed E-state index contributed by atoms with van der Waals surface area (Å²) in [6.45, 7) is 3.05. The number of aromatic nitrogens is 1. The monoisotopic (exact) mass is 306 g/mol. The van der Waals surface area contributed by atoms with E-state index in [1.807, 2.05) is 18.2 Å². The van der Waals surface area contributed by atoms with Gasteiger partial charge in [0.05, 0.1) is 7.11 Å². The molecule has 118 valence electrons. The number of anilines is 1. The van der Waals surface area contributed by atoms with E-state index >= 15 is 0 Å².